The van der Waals surface area contributed by atoms with Gasteiger partial charge in [0.15, 0.2) is 0 Å². The molecule has 104 valence electrons. The second-order valence-electron chi connectivity index (χ2n) is 4.48. The zero-order chi connectivity index (χ0) is 14.0. The molecule has 0 amide bonds. The normalized spacial score (nSPS) is 13.4. The molecular weight excluding hydrogens is 240 g/mol. The lowest BCUT2D eigenvalue weighted by molar-refractivity contribution is 0.328. The first kappa shape index (κ1) is 17.0. The smallest absolute Gasteiger partial charge is 0.250 e. The van der Waals surface area contributed by atoms with Crippen molar-refractivity contribution in [3.05, 3.63) is 36.3 Å². The quantitative estimate of drug-likeness (QED) is 0.253. The number of ether oxygens (including phenoxy) is 1. The van der Waals surface area contributed by atoms with Crippen molar-refractivity contribution in [3.8, 4) is 0 Å². The Morgan fingerprint density at radius 3 is 2.11 bits per heavy atom. The molecule has 0 radical (unpaired) electrons. The van der Waals surface area contributed by atoms with Gasteiger partial charge >= 0.3 is 0 Å². The van der Waals surface area contributed by atoms with E-state index < -0.39 is 8.32 Å². The third-order valence-corrected chi connectivity index (χ3v) is 7.93. The lowest BCUT2D eigenvalue weighted by Crippen LogP contribution is -2.35. The van der Waals surface area contributed by atoms with Crippen molar-refractivity contribution >= 4 is 8.32 Å². The highest BCUT2D eigenvalue weighted by Gasteiger charge is 2.31. The van der Waals surface area contributed by atoms with Gasteiger partial charge in [-0.1, -0.05) is 26.8 Å². The average molecular weight is 268 g/mol. The van der Waals surface area contributed by atoms with Crippen LogP contribution in [0.3, 0.4) is 0 Å². The summed E-state index contributed by atoms with van der Waals surface area (Å²) in [7, 11) is 0.0442. The van der Waals surface area contributed by atoms with Crippen LogP contribution in [0.5, 0.6) is 0 Å². The fourth-order valence-electron chi connectivity index (χ4n) is 1.91. The third kappa shape index (κ3) is 5.13. The monoisotopic (exact) mass is 268 g/mol. The Bertz CT molecular complexity index is 293. The van der Waals surface area contributed by atoms with Crippen molar-refractivity contribution < 1.29 is 9.16 Å². The van der Waals surface area contributed by atoms with Crippen LogP contribution in [0.4, 0.5) is 0 Å². The average Bonchev–Trinajstić information content (AvgIpc) is 2.40. The van der Waals surface area contributed by atoms with Crippen LogP contribution in [0.1, 0.15) is 34.1 Å². The minimum atomic E-state index is -1.62. The minimum Gasteiger partial charge on any atom is -0.543 e. The summed E-state index contributed by atoms with van der Waals surface area (Å²) >= 11 is 0. The number of rotatable bonds is 9. The molecule has 0 aliphatic heterocycles. The van der Waals surface area contributed by atoms with Crippen molar-refractivity contribution in [1.82, 2.24) is 0 Å². The predicted octanol–water partition coefficient (Wildman–Crippen LogP) is 5.02. The van der Waals surface area contributed by atoms with Crippen LogP contribution in [-0.4, -0.2) is 15.4 Å². The summed E-state index contributed by atoms with van der Waals surface area (Å²) in [6.45, 7) is 12.5. The van der Waals surface area contributed by atoms with E-state index in [1.807, 2.05) is 13.0 Å². The Hall–Kier alpha value is -0.963. The van der Waals surface area contributed by atoms with Crippen LogP contribution in [0.25, 0.3) is 0 Å². The Morgan fingerprint density at radius 2 is 1.72 bits per heavy atom. The van der Waals surface area contributed by atoms with Crippen molar-refractivity contribution in [1.29, 1.82) is 0 Å². The van der Waals surface area contributed by atoms with E-state index in [-0.39, 0.29) is 0 Å². The molecule has 0 saturated carbocycles. The van der Waals surface area contributed by atoms with Gasteiger partial charge in [0.05, 0.1) is 13.4 Å². The van der Waals surface area contributed by atoms with Gasteiger partial charge in [-0.15, -0.1) is 6.58 Å². The summed E-state index contributed by atoms with van der Waals surface area (Å²) in [5, 5.41) is 0. The molecule has 0 aromatic heterocycles. The molecule has 18 heavy (non-hydrogen) atoms. The Labute approximate surface area is 114 Å². The molecule has 0 unspecified atom stereocenters. The van der Waals surface area contributed by atoms with E-state index in [0.29, 0.717) is 0 Å². The predicted molar refractivity (Wildman–Crippen MR) is 81.9 cm³/mol. The summed E-state index contributed by atoms with van der Waals surface area (Å²) in [6.07, 6.45) is 6.55. The van der Waals surface area contributed by atoms with E-state index in [4.69, 9.17) is 9.16 Å². The molecule has 0 rings (SSSR count). The van der Waals surface area contributed by atoms with Gasteiger partial charge in [-0.2, -0.15) is 0 Å². The van der Waals surface area contributed by atoms with Gasteiger partial charge in [0.2, 0.25) is 8.32 Å². The molecule has 0 spiro atoms. The summed E-state index contributed by atoms with van der Waals surface area (Å²) in [5.41, 5.74) is 1.05. The van der Waals surface area contributed by atoms with E-state index in [1.54, 1.807) is 13.4 Å². The molecule has 0 bridgehead atoms. The van der Waals surface area contributed by atoms with E-state index in [2.05, 4.69) is 33.4 Å². The van der Waals surface area contributed by atoms with E-state index in [0.717, 1.165) is 35.9 Å². The standard InChI is InChI=1S/C15H28O2Si/c1-7-11-12-15(14(5)13-16-6)17-18(8-2,9-3)10-4/h7,12-13H,1,8-11H2,2-6H3/b14-13+,15-12-. The van der Waals surface area contributed by atoms with Gasteiger partial charge < -0.3 is 9.16 Å². The number of methoxy groups -OCH3 is 1. The summed E-state index contributed by atoms with van der Waals surface area (Å²) in [4.78, 5) is 0. The molecule has 0 aliphatic rings. The van der Waals surface area contributed by atoms with E-state index in [9.17, 15) is 0 Å². The van der Waals surface area contributed by atoms with Crippen LogP contribution in [0.2, 0.25) is 18.1 Å². The third-order valence-electron chi connectivity index (χ3n) is 3.41. The van der Waals surface area contributed by atoms with Crippen molar-refractivity contribution in [2.45, 2.75) is 52.2 Å². The minimum absolute atomic E-state index is 0.825. The molecule has 0 fully saturated rings. The largest absolute Gasteiger partial charge is 0.543 e. The van der Waals surface area contributed by atoms with Gasteiger partial charge in [0.25, 0.3) is 0 Å². The van der Waals surface area contributed by atoms with Gasteiger partial charge in [-0.25, -0.2) is 0 Å². The molecule has 0 aromatic rings. The first-order chi connectivity index (χ1) is 8.59. The molecule has 0 saturated heterocycles. The molecular formula is C15H28O2Si. The van der Waals surface area contributed by atoms with Gasteiger partial charge in [0, 0.05) is 5.57 Å². The highest BCUT2D eigenvalue weighted by molar-refractivity contribution is 6.73. The van der Waals surface area contributed by atoms with Crippen molar-refractivity contribution in [3.63, 3.8) is 0 Å². The molecule has 0 aromatic carbocycles. The lowest BCUT2D eigenvalue weighted by atomic mass is 10.2. The van der Waals surface area contributed by atoms with Crippen molar-refractivity contribution in [2.75, 3.05) is 7.11 Å². The SMILES string of the molecule is C=CC/C=C(O[Si](CC)(CC)CC)/C(C)=C/OC. The number of hydrogen-bond acceptors (Lipinski definition) is 2. The highest BCUT2D eigenvalue weighted by atomic mass is 28.4. The molecule has 0 N–H and O–H groups in total. The fourth-order valence-corrected chi connectivity index (χ4v) is 4.55. The van der Waals surface area contributed by atoms with Crippen molar-refractivity contribution in [2.24, 2.45) is 0 Å². The zero-order valence-corrected chi connectivity index (χ0v) is 13.6. The molecule has 0 heterocycles. The van der Waals surface area contributed by atoms with Crippen LogP contribution in [0.15, 0.2) is 36.3 Å². The van der Waals surface area contributed by atoms with E-state index in [1.165, 1.54) is 0 Å². The first-order valence-corrected chi connectivity index (χ1v) is 9.32. The second-order valence-corrected chi connectivity index (χ2v) is 9.17. The second kappa shape index (κ2) is 9.03. The molecule has 2 nitrogen and oxygen atoms in total. The van der Waals surface area contributed by atoms with Crippen LogP contribution >= 0.6 is 0 Å². The summed E-state index contributed by atoms with van der Waals surface area (Å²) in [6, 6.07) is 3.43. The van der Waals surface area contributed by atoms with Crippen LogP contribution in [-0.2, 0) is 9.16 Å². The van der Waals surface area contributed by atoms with Crippen LogP contribution < -0.4 is 0 Å². The fraction of sp³-hybridized carbons (Fsp3) is 0.600. The zero-order valence-electron chi connectivity index (χ0n) is 12.6. The van der Waals surface area contributed by atoms with Gasteiger partial charge in [-0.3, -0.25) is 0 Å². The molecule has 3 heteroatoms. The Kier molecular flexibility index (Phi) is 8.55. The maximum atomic E-state index is 6.41. The number of allylic oxidation sites excluding steroid dienone is 3. The highest BCUT2D eigenvalue weighted by Crippen LogP contribution is 2.27. The van der Waals surface area contributed by atoms with Gasteiger partial charge in [0.1, 0.15) is 5.76 Å². The number of hydrogen-bond donors (Lipinski definition) is 0. The Morgan fingerprint density at radius 1 is 1.17 bits per heavy atom. The first-order valence-electron chi connectivity index (χ1n) is 6.79. The maximum absolute atomic E-state index is 6.41. The summed E-state index contributed by atoms with van der Waals surface area (Å²) < 4.78 is 11.5. The molecule has 0 atom stereocenters. The lowest BCUT2D eigenvalue weighted by Gasteiger charge is -2.30. The van der Waals surface area contributed by atoms with Crippen LogP contribution in [0, 0.1) is 0 Å². The van der Waals surface area contributed by atoms with E-state index >= 15 is 0 Å². The van der Waals surface area contributed by atoms with Gasteiger partial charge in [-0.05, 0) is 37.6 Å². The molecule has 0 aliphatic carbocycles. The maximum Gasteiger partial charge on any atom is 0.250 e. The summed E-state index contributed by atoms with van der Waals surface area (Å²) in [5.74, 6) is 0.967. The Balaban J connectivity index is 5.10. The topological polar surface area (TPSA) is 18.5 Å².